The van der Waals surface area contributed by atoms with Gasteiger partial charge >= 0.3 is 5.97 Å². The van der Waals surface area contributed by atoms with E-state index >= 15 is 14.4 Å². The first-order chi connectivity index (χ1) is 24.6. The maximum absolute atomic E-state index is 16.1. The van der Waals surface area contributed by atoms with Crippen molar-refractivity contribution in [1.82, 2.24) is 0 Å². The molecule has 1 aliphatic heterocycles. The highest BCUT2D eigenvalue weighted by Gasteiger charge is 2.82. The molecule has 2 fully saturated rings. The van der Waals surface area contributed by atoms with Gasteiger partial charge in [-0.3, -0.25) is 14.4 Å². The number of hydrogen-bond donors (Lipinski definition) is 0. The fraction of sp³-hybridized carbons (Fsp3) is 0.200. The van der Waals surface area contributed by atoms with Crippen LogP contribution in [0.3, 0.4) is 0 Å². The molecule has 51 heavy (non-hydrogen) atoms. The van der Waals surface area contributed by atoms with Crippen molar-refractivity contribution in [2.75, 3.05) is 4.90 Å². The summed E-state index contributed by atoms with van der Waals surface area (Å²) in [5.74, 6) is -3.78. The van der Waals surface area contributed by atoms with Crippen molar-refractivity contribution >= 4 is 40.4 Å². The Bertz CT molecular complexity index is 2130. The predicted octanol–water partition coefficient (Wildman–Crippen LogP) is 8.06. The summed E-state index contributed by atoms with van der Waals surface area (Å²) in [6, 6.07) is 41.6. The van der Waals surface area contributed by atoms with Crippen LogP contribution < -0.4 is 4.90 Å². The van der Waals surface area contributed by atoms with Crippen LogP contribution in [0.1, 0.15) is 57.6 Å². The van der Waals surface area contributed by atoms with Gasteiger partial charge < -0.3 is 4.74 Å². The zero-order valence-electron chi connectivity index (χ0n) is 28.9. The maximum Gasteiger partial charge on any atom is 0.338 e. The minimum absolute atomic E-state index is 0.177. The first-order valence-electron chi connectivity index (χ1n) is 17.4. The van der Waals surface area contributed by atoms with Gasteiger partial charge in [0.2, 0.25) is 11.8 Å². The molecule has 5 aromatic rings. The van der Waals surface area contributed by atoms with Crippen molar-refractivity contribution in [3.05, 3.63) is 172 Å². The number of benzene rings is 5. The largest absolute Gasteiger partial charge is 0.459 e. The predicted molar refractivity (Wildman–Crippen MR) is 197 cm³/mol. The van der Waals surface area contributed by atoms with Crippen molar-refractivity contribution in [3.8, 4) is 0 Å². The number of hydrogen-bond acceptors (Lipinski definition) is 5. The van der Waals surface area contributed by atoms with E-state index in [0.717, 1.165) is 33.4 Å². The summed E-state index contributed by atoms with van der Waals surface area (Å²) in [5.41, 5.74) is 4.05. The molecule has 6 heteroatoms. The number of carbonyl (C=O) groups is 4. The summed E-state index contributed by atoms with van der Waals surface area (Å²) in [7, 11) is 0. The van der Waals surface area contributed by atoms with E-state index in [1.165, 1.54) is 11.0 Å². The number of ketones is 1. The monoisotopic (exact) mass is 671 g/mol. The fourth-order valence-electron chi connectivity index (χ4n) is 8.87. The summed E-state index contributed by atoms with van der Waals surface area (Å²) in [4.78, 5) is 60.8. The lowest BCUT2D eigenvalue weighted by Crippen LogP contribution is -2.45. The Morgan fingerprint density at radius 3 is 1.49 bits per heavy atom. The lowest BCUT2D eigenvalue weighted by Gasteiger charge is -2.39. The third kappa shape index (κ3) is 4.48. The van der Waals surface area contributed by atoms with Crippen molar-refractivity contribution in [2.45, 2.75) is 44.6 Å². The lowest BCUT2D eigenvalue weighted by atomic mass is 9.59. The molecule has 1 saturated carbocycles. The molecule has 0 aromatic heterocycles. The molecule has 2 aliphatic carbocycles. The van der Waals surface area contributed by atoms with Crippen LogP contribution in [0.2, 0.25) is 0 Å². The van der Waals surface area contributed by atoms with Gasteiger partial charge in [0.1, 0.15) is 0 Å². The molecule has 4 atom stereocenters. The SMILES string of the molecule is Cc1ccc(C2=C(c3ccc(C)cc3)[C@@]3(c4ccccc4)C(=O)[C@@]2(c2ccccc2)[C@@H]2C(=O)N(c4cccc(C(=O)OC(C)C)c4)C(=O)[C@@H]23)cc1. The van der Waals surface area contributed by atoms with E-state index < -0.39 is 40.4 Å². The van der Waals surface area contributed by atoms with Gasteiger partial charge in [0.05, 0.1) is 40.0 Å². The quantitative estimate of drug-likeness (QED) is 0.129. The van der Waals surface area contributed by atoms with Gasteiger partial charge in [0, 0.05) is 0 Å². The molecule has 0 unspecified atom stereocenters. The Balaban J connectivity index is 1.48. The maximum atomic E-state index is 16.1. The highest BCUT2D eigenvalue weighted by Crippen LogP contribution is 2.74. The number of fused-ring (bicyclic) bond motifs is 5. The summed E-state index contributed by atoms with van der Waals surface area (Å²) in [6.45, 7) is 7.56. The molecule has 0 spiro atoms. The number of aryl methyl sites for hydroxylation is 2. The second-order valence-electron chi connectivity index (χ2n) is 14.1. The van der Waals surface area contributed by atoms with Crippen LogP contribution in [0.25, 0.3) is 11.1 Å². The highest BCUT2D eigenvalue weighted by atomic mass is 16.5. The minimum atomic E-state index is -1.51. The molecule has 0 N–H and O–H groups in total. The number of nitrogens with zero attached hydrogens (tertiary/aromatic N) is 1. The first kappa shape index (κ1) is 32.3. The normalized spacial score (nSPS) is 23.7. The second-order valence-corrected chi connectivity index (χ2v) is 14.1. The van der Waals surface area contributed by atoms with Crippen LogP contribution in [0.4, 0.5) is 5.69 Å². The van der Waals surface area contributed by atoms with E-state index in [-0.39, 0.29) is 23.1 Å². The van der Waals surface area contributed by atoms with Gasteiger partial charge in [0.15, 0.2) is 5.78 Å². The summed E-state index contributed by atoms with van der Waals surface area (Å²) in [5, 5.41) is 0. The Hall–Kier alpha value is -5.88. The molecule has 5 aromatic carbocycles. The van der Waals surface area contributed by atoms with E-state index in [0.29, 0.717) is 11.1 Å². The molecule has 1 heterocycles. The van der Waals surface area contributed by atoms with Crippen LogP contribution >= 0.6 is 0 Å². The molecule has 1 saturated heterocycles. The summed E-state index contributed by atoms with van der Waals surface area (Å²) < 4.78 is 5.45. The lowest BCUT2D eigenvalue weighted by molar-refractivity contribution is -0.130. The Kier molecular flexibility index (Phi) is 7.53. The van der Waals surface area contributed by atoms with E-state index in [1.54, 1.807) is 32.0 Å². The molecule has 3 aliphatic rings. The zero-order valence-corrected chi connectivity index (χ0v) is 28.9. The molecular weight excluding hydrogens is 634 g/mol. The van der Waals surface area contributed by atoms with Crippen molar-refractivity contribution < 1.29 is 23.9 Å². The Morgan fingerprint density at radius 2 is 1.06 bits per heavy atom. The van der Waals surface area contributed by atoms with Crippen LogP contribution in [0.15, 0.2) is 133 Å². The highest BCUT2D eigenvalue weighted by molar-refractivity contribution is 6.39. The molecule has 6 nitrogen and oxygen atoms in total. The van der Waals surface area contributed by atoms with Gasteiger partial charge in [-0.2, -0.15) is 0 Å². The third-order valence-electron chi connectivity index (χ3n) is 10.8. The number of imide groups is 1. The Labute approximate surface area is 297 Å². The van der Waals surface area contributed by atoms with Crippen molar-refractivity contribution in [1.29, 1.82) is 0 Å². The Morgan fingerprint density at radius 1 is 0.608 bits per heavy atom. The van der Waals surface area contributed by atoms with Crippen molar-refractivity contribution in [2.24, 2.45) is 11.8 Å². The molecule has 252 valence electrons. The molecule has 0 radical (unpaired) electrons. The van der Waals surface area contributed by atoms with Crippen LogP contribution in [0.5, 0.6) is 0 Å². The van der Waals surface area contributed by atoms with Crippen molar-refractivity contribution in [3.63, 3.8) is 0 Å². The van der Waals surface area contributed by atoms with Crippen LogP contribution in [-0.2, 0) is 30.0 Å². The molecule has 8 rings (SSSR count). The summed E-state index contributed by atoms with van der Waals surface area (Å²) in [6.07, 6.45) is -0.347. The number of Topliss-reactive ketones (excluding diaryl/α,β-unsaturated/α-hetero) is 1. The summed E-state index contributed by atoms with van der Waals surface area (Å²) >= 11 is 0. The smallest absolute Gasteiger partial charge is 0.338 e. The van der Waals surface area contributed by atoms with Gasteiger partial charge in [-0.25, -0.2) is 9.69 Å². The number of allylic oxidation sites excluding steroid dienone is 2. The third-order valence-corrected chi connectivity index (χ3v) is 10.8. The number of ether oxygens (including phenoxy) is 1. The average molecular weight is 672 g/mol. The van der Waals surface area contributed by atoms with Crippen LogP contribution in [0, 0.1) is 25.7 Å². The molecule has 2 amide bonds. The van der Waals surface area contributed by atoms with Gasteiger partial charge in [0.25, 0.3) is 0 Å². The van der Waals surface area contributed by atoms with Gasteiger partial charge in [-0.1, -0.05) is 126 Å². The van der Waals surface area contributed by atoms with E-state index in [2.05, 4.69) is 0 Å². The van der Waals surface area contributed by atoms with E-state index in [4.69, 9.17) is 4.74 Å². The number of esters is 1. The fourth-order valence-corrected chi connectivity index (χ4v) is 8.87. The molecule has 2 bridgehead atoms. The number of amides is 2. The van der Waals surface area contributed by atoms with Crippen LogP contribution in [-0.4, -0.2) is 29.7 Å². The average Bonchev–Trinajstić information content (AvgIpc) is 3.65. The first-order valence-corrected chi connectivity index (χ1v) is 17.4. The topological polar surface area (TPSA) is 80.8 Å². The van der Waals surface area contributed by atoms with Gasteiger partial charge in [-0.05, 0) is 79.3 Å². The van der Waals surface area contributed by atoms with E-state index in [9.17, 15) is 4.79 Å². The van der Waals surface area contributed by atoms with Gasteiger partial charge in [-0.15, -0.1) is 0 Å². The standard InChI is InChI=1S/C45H37NO5/c1-27(2)51-42(49)32-12-11-17-35(26-32)46-40(47)38-39(41(46)48)45(34-15-9-6-10-16-34)37(31-24-20-29(4)21-25-31)36(30-22-18-28(3)19-23-30)44(38,43(45)50)33-13-7-5-8-14-33/h5-27,38-39H,1-4H3/t38-,39+,44-,45-/m1/s1. The number of rotatable bonds is 7. The molecular formula is C45H37NO5. The second kappa shape index (κ2) is 11.9. The zero-order chi connectivity index (χ0) is 35.7. The number of anilines is 1. The van der Waals surface area contributed by atoms with E-state index in [1.807, 2.05) is 123 Å². The number of carbonyl (C=O) groups excluding carboxylic acids is 4. The minimum Gasteiger partial charge on any atom is -0.459 e.